The number of rotatable bonds is 6. The second-order valence-corrected chi connectivity index (χ2v) is 5.04. The lowest BCUT2D eigenvalue weighted by atomic mass is 10.2. The molecule has 0 fully saturated rings. The van der Waals surface area contributed by atoms with E-state index in [9.17, 15) is 9.59 Å². The Labute approximate surface area is 129 Å². The van der Waals surface area contributed by atoms with Gasteiger partial charge in [-0.2, -0.15) is 0 Å². The molecule has 1 aromatic heterocycles. The molecule has 1 atom stereocenters. The molecule has 6 heteroatoms. The molecule has 0 saturated heterocycles. The first kappa shape index (κ1) is 15.9. The summed E-state index contributed by atoms with van der Waals surface area (Å²) >= 11 is 0. The molecule has 1 unspecified atom stereocenters. The minimum atomic E-state index is -0.579. The normalized spacial score (nSPS) is 12.0. The fourth-order valence-electron chi connectivity index (χ4n) is 2.23. The van der Waals surface area contributed by atoms with Gasteiger partial charge < -0.3 is 4.74 Å². The molecule has 1 aromatic carbocycles. The van der Waals surface area contributed by atoms with E-state index in [1.807, 2.05) is 37.3 Å². The average molecular weight is 301 g/mol. The van der Waals surface area contributed by atoms with Crippen LogP contribution in [0.1, 0.15) is 48.1 Å². The average Bonchev–Trinajstić information content (AvgIpc) is 2.89. The largest absolute Gasteiger partial charge is 0.459 e. The first-order chi connectivity index (χ1) is 10.5. The van der Waals surface area contributed by atoms with Crippen molar-refractivity contribution in [2.24, 2.45) is 0 Å². The zero-order chi connectivity index (χ0) is 16.1. The van der Waals surface area contributed by atoms with Crippen LogP contribution in [0.2, 0.25) is 0 Å². The van der Waals surface area contributed by atoms with Crippen LogP contribution in [0.4, 0.5) is 0 Å². The number of Topliss-reactive ketones (excluding diaryl/α,β-unsaturated/α-hetero) is 1. The van der Waals surface area contributed by atoms with Crippen molar-refractivity contribution in [2.45, 2.75) is 39.8 Å². The highest BCUT2D eigenvalue weighted by Gasteiger charge is 2.25. The van der Waals surface area contributed by atoms with Crippen LogP contribution in [0.3, 0.4) is 0 Å². The number of carbonyl (C=O) groups is 2. The Balaban J connectivity index is 2.11. The van der Waals surface area contributed by atoms with Gasteiger partial charge in [0.25, 0.3) is 0 Å². The number of benzene rings is 1. The van der Waals surface area contributed by atoms with Crippen molar-refractivity contribution in [1.29, 1.82) is 0 Å². The maximum Gasteiger partial charge on any atom is 0.331 e. The molecule has 0 aliphatic carbocycles. The molecule has 116 valence electrons. The summed E-state index contributed by atoms with van der Waals surface area (Å²) in [5.74, 6) is -0.550. The van der Waals surface area contributed by atoms with Crippen LogP contribution in [0.15, 0.2) is 30.3 Å². The highest BCUT2D eigenvalue weighted by atomic mass is 16.5. The molecule has 0 saturated carbocycles. The van der Waals surface area contributed by atoms with E-state index >= 15 is 0 Å². The van der Waals surface area contributed by atoms with Gasteiger partial charge in [0.15, 0.2) is 17.5 Å². The van der Waals surface area contributed by atoms with E-state index in [1.165, 1.54) is 11.6 Å². The summed E-state index contributed by atoms with van der Waals surface area (Å²) in [5, 5.41) is 7.77. The molecule has 6 nitrogen and oxygen atoms in total. The van der Waals surface area contributed by atoms with Crippen molar-refractivity contribution < 1.29 is 14.3 Å². The number of ketones is 1. The topological polar surface area (TPSA) is 74.1 Å². The summed E-state index contributed by atoms with van der Waals surface area (Å²) in [4.78, 5) is 23.7. The third kappa shape index (κ3) is 3.39. The van der Waals surface area contributed by atoms with Crippen LogP contribution < -0.4 is 0 Å². The van der Waals surface area contributed by atoms with Crippen molar-refractivity contribution in [1.82, 2.24) is 15.0 Å². The van der Waals surface area contributed by atoms with Crippen LogP contribution in [0.25, 0.3) is 0 Å². The van der Waals surface area contributed by atoms with E-state index in [0.29, 0.717) is 12.1 Å². The molecule has 0 amide bonds. The Kier molecular flexibility index (Phi) is 5.04. The number of ether oxygens (including phenoxy) is 1. The minimum absolute atomic E-state index is 0.170. The van der Waals surface area contributed by atoms with E-state index in [0.717, 1.165) is 5.56 Å². The smallest absolute Gasteiger partial charge is 0.331 e. The van der Waals surface area contributed by atoms with Crippen LogP contribution in [-0.2, 0) is 16.1 Å². The zero-order valence-electron chi connectivity index (χ0n) is 12.9. The monoisotopic (exact) mass is 301 g/mol. The molecule has 2 aromatic rings. The lowest BCUT2D eigenvalue weighted by molar-refractivity contribution is -0.149. The maximum absolute atomic E-state index is 12.3. The van der Waals surface area contributed by atoms with E-state index in [1.54, 1.807) is 6.92 Å². The van der Waals surface area contributed by atoms with Gasteiger partial charge in [0, 0.05) is 6.92 Å². The SMILES string of the molecule is CCC(C(=O)OCc1ccccc1)n1nnc(C(C)=O)c1C. The number of esters is 1. The molecule has 2 rings (SSSR count). The Hall–Kier alpha value is -2.50. The van der Waals surface area contributed by atoms with Crippen molar-refractivity contribution in [3.8, 4) is 0 Å². The number of hydrogen-bond acceptors (Lipinski definition) is 5. The molecule has 22 heavy (non-hydrogen) atoms. The van der Waals surface area contributed by atoms with Gasteiger partial charge in [-0.15, -0.1) is 5.10 Å². The van der Waals surface area contributed by atoms with Crippen molar-refractivity contribution in [2.75, 3.05) is 0 Å². The molecule has 0 radical (unpaired) electrons. The van der Waals surface area contributed by atoms with E-state index < -0.39 is 6.04 Å². The first-order valence-corrected chi connectivity index (χ1v) is 7.17. The third-order valence-corrected chi connectivity index (χ3v) is 3.44. The summed E-state index contributed by atoms with van der Waals surface area (Å²) in [6.45, 7) is 5.23. The van der Waals surface area contributed by atoms with Crippen LogP contribution >= 0.6 is 0 Å². The maximum atomic E-state index is 12.3. The third-order valence-electron chi connectivity index (χ3n) is 3.44. The van der Waals surface area contributed by atoms with Crippen LogP contribution in [0, 0.1) is 6.92 Å². The summed E-state index contributed by atoms with van der Waals surface area (Å²) in [7, 11) is 0. The molecule has 1 heterocycles. The lowest BCUT2D eigenvalue weighted by Gasteiger charge is -2.15. The Morgan fingerprint density at radius 2 is 1.95 bits per heavy atom. The van der Waals surface area contributed by atoms with Gasteiger partial charge in [0.1, 0.15) is 6.61 Å². The van der Waals surface area contributed by atoms with E-state index in [2.05, 4.69) is 10.3 Å². The molecular weight excluding hydrogens is 282 g/mol. The molecule has 0 bridgehead atoms. The van der Waals surface area contributed by atoms with Crippen molar-refractivity contribution in [3.63, 3.8) is 0 Å². The second-order valence-electron chi connectivity index (χ2n) is 5.04. The van der Waals surface area contributed by atoms with Gasteiger partial charge in [-0.3, -0.25) is 4.79 Å². The van der Waals surface area contributed by atoms with Crippen molar-refractivity contribution >= 4 is 11.8 Å². The van der Waals surface area contributed by atoms with Crippen LogP contribution in [-0.4, -0.2) is 26.7 Å². The van der Waals surface area contributed by atoms with Crippen molar-refractivity contribution in [3.05, 3.63) is 47.3 Å². The summed E-state index contributed by atoms with van der Waals surface area (Å²) in [6.07, 6.45) is 0.509. The summed E-state index contributed by atoms with van der Waals surface area (Å²) in [6, 6.07) is 8.89. The molecule has 0 aliphatic rings. The van der Waals surface area contributed by atoms with Crippen LogP contribution in [0.5, 0.6) is 0 Å². The van der Waals surface area contributed by atoms with Gasteiger partial charge in [-0.05, 0) is 18.9 Å². The Morgan fingerprint density at radius 3 is 2.50 bits per heavy atom. The van der Waals surface area contributed by atoms with Gasteiger partial charge in [0.2, 0.25) is 0 Å². The predicted molar refractivity (Wildman–Crippen MR) is 80.3 cm³/mol. The first-order valence-electron chi connectivity index (χ1n) is 7.17. The van der Waals surface area contributed by atoms with Gasteiger partial charge >= 0.3 is 5.97 Å². The number of hydrogen-bond donors (Lipinski definition) is 0. The zero-order valence-corrected chi connectivity index (χ0v) is 12.9. The number of carbonyl (C=O) groups excluding carboxylic acids is 2. The Morgan fingerprint density at radius 1 is 1.27 bits per heavy atom. The lowest BCUT2D eigenvalue weighted by Crippen LogP contribution is -2.23. The number of aromatic nitrogens is 3. The minimum Gasteiger partial charge on any atom is -0.459 e. The molecular formula is C16H19N3O3. The highest BCUT2D eigenvalue weighted by Crippen LogP contribution is 2.17. The fraction of sp³-hybridized carbons (Fsp3) is 0.375. The molecule has 0 N–H and O–H groups in total. The predicted octanol–water partition coefficient (Wildman–Crippen LogP) is 2.48. The Bertz CT molecular complexity index is 665. The fourth-order valence-corrected chi connectivity index (χ4v) is 2.23. The summed E-state index contributed by atoms with van der Waals surface area (Å²) < 4.78 is 6.81. The second kappa shape index (κ2) is 6.98. The summed E-state index contributed by atoms with van der Waals surface area (Å²) in [5.41, 5.74) is 1.79. The molecule has 0 aliphatic heterocycles. The van der Waals surface area contributed by atoms with Gasteiger partial charge in [-0.1, -0.05) is 42.5 Å². The molecule has 0 spiro atoms. The van der Waals surface area contributed by atoms with Gasteiger partial charge in [0.05, 0.1) is 5.69 Å². The highest BCUT2D eigenvalue weighted by molar-refractivity contribution is 5.93. The number of nitrogens with zero attached hydrogens (tertiary/aromatic N) is 3. The van der Waals surface area contributed by atoms with E-state index in [-0.39, 0.29) is 24.1 Å². The quantitative estimate of drug-likeness (QED) is 0.605. The standard InChI is InChI=1S/C16H19N3O3/c1-4-14(19-11(2)15(12(3)20)17-18-19)16(21)22-10-13-8-6-5-7-9-13/h5-9,14H,4,10H2,1-3H3. The van der Waals surface area contributed by atoms with E-state index in [4.69, 9.17) is 4.74 Å². The van der Waals surface area contributed by atoms with Gasteiger partial charge in [-0.25, -0.2) is 9.48 Å².